The Labute approximate surface area is 233 Å². The smallest absolute Gasteiger partial charge is 0.406 e. The zero-order chi connectivity index (χ0) is 30.1. The number of benzene rings is 3. The summed E-state index contributed by atoms with van der Waals surface area (Å²) < 4.78 is 92.5. The number of imidazole rings is 1. The second-order valence-electron chi connectivity index (χ2n) is 8.91. The van der Waals surface area contributed by atoms with Crippen molar-refractivity contribution in [2.45, 2.75) is 31.0 Å². The Hall–Kier alpha value is -4.27. The van der Waals surface area contributed by atoms with Gasteiger partial charge >= 0.3 is 6.36 Å². The summed E-state index contributed by atoms with van der Waals surface area (Å²) in [5.74, 6) is 3.09. The Morgan fingerprint density at radius 2 is 1.71 bits per heavy atom. The first-order valence-corrected chi connectivity index (χ1v) is 12.9. The molecule has 1 heterocycles. The fourth-order valence-corrected chi connectivity index (χ4v) is 4.51. The molecule has 0 aliphatic carbocycles. The van der Waals surface area contributed by atoms with E-state index < -0.39 is 34.8 Å². The number of nitrogens with two attached hydrogens (primary N) is 2. The fourth-order valence-electron chi connectivity index (χ4n) is 4.08. The van der Waals surface area contributed by atoms with Crippen LogP contribution in [0.1, 0.15) is 24.0 Å². The number of rotatable bonds is 8. The van der Waals surface area contributed by atoms with E-state index >= 15 is 0 Å². The van der Waals surface area contributed by atoms with Gasteiger partial charge in [0.1, 0.15) is 17.3 Å². The highest BCUT2D eigenvalue weighted by atomic mass is 32.2. The molecule has 0 aliphatic heterocycles. The second kappa shape index (κ2) is 11.3. The number of anilines is 1. The Kier molecular flexibility index (Phi) is 8.19. The summed E-state index contributed by atoms with van der Waals surface area (Å²) in [6.07, 6.45) is -2.57. The SMILES string of the molecule is Cc1nc(C(C)(F)F)cn1-c1ccc(-c2cccc(S(=O)O)c2)cc1N(N)/C(=C\N)c1ccc(OC(F)(F)F)cc1. The zero-order valence-electron chi connectivity index (χ0n) is 21.6. The number of alkyl halides is 5. The normalized spacial score (nSPS) is 13.2. The number of hydrogen-bond donors (Lipinski definition) is 3. The minimum Gasteiger partial charge on any atom is -0.406 e. The molecule has 1 aromatic heterocycles. The first-order valence-electron chi connectivity index (χ1n) is 11.8. The molecule has 0 aliphatic rings. The van der Waals surface area contributed by atoms with Crippen LogP contribution in [0.2, 0.25) is 0 Å². The molecule has 4 rings (SSSR count). The monoisotopic (exact) mass is 593 g/mol. The van der Waals surface area contributed by atoms with Gasteiger partial charge in [0, 0.05) is 24.9 Å². The van der Waals surface area contributed by atoms with E-state index in [2.05, 4.69) is 9.72 Å². The maximum absolute atomic E-state index is 14.1. The minimum absolute atomic E-state index is 0.154. The van der Waals surface area contributed by atoms with Gasteiger partial charge < -0.3 is 19.6 Å². The van der Waals surface area contributed by atoms with Crippen LogP contribution < -0.4 is 21.3 Å². The van der Waals surface area contributed by atoms with E-state index in [0.29, 0.717) is 22.4 Å². The third-order valence-electron chi connectivity index (χ3n) is 6.00. The first kappa shape index (κ1) is 29.7. The highest BCUT2D eigenvalue weighted by Gasteiger charge is 2.31. The van der Waals surface area contributed by atoms with Gasteiger partial charge in [0.25, 0.3) is 5.92 Å². The summed E-state index contributed by atoms with van der Waals surface area (Å²) in [4.78, 5) is 4.13. The van der Waals surface area contributed by atoms with Crippen molar-refractivity contribution in [3.63, 3.8) is 0 Å². The van der Waals surface area contributed by atoms with Gasteiger partial charge in [-0.05, 0) is 66.6 Å². The summed E-state index contributed by atoms with van der Waals surface area (Å²) >= 11 is -2.24. The average Bonchev–Trinajstić information content (AvgIpc) is 3.31. The van der Waals surface area contributed by atoms with Crippen LogP contribution in [0.3, 0.4) is 0 Å². The summed E-state index contributed by atoms with van der Waals surface area (Å²) in [5, 5.41) is 1.15. The molecule has 0 bridgehead atoms. The third kappa shape index (κ3) is 6.73. The van der Waals surface area contributed by atoms with Crippen molar-refractivity contribution in [3.05, 3.63) is 96.2 Å². The molecule has 14 heteroatoms. The van der Waals surface area contributed by atoms with Crippen molar-refractivity contribution in [3.8, 4) is 22.6 Å². The van der Waals surface area contributed by atoms with Crippen LogP contribution in [-0.2, 0) is 17.0 Å². The lowest BCUT2D eigenvalue weighted by Crippen LogP contribution is -2.31. The Balaban J connectivity index is 1.85. The molecule has 41 heavy (non-hydrogen) atoms. The van der Waals surface area contributed by atoms with E-state index in [9.17, 15) is 30.7 Å². The van der Waals surface area contributed by atoms with Crippen molar-refractivity contribution in [2.24, 2.45) is 11.6 Å². The minimum atomic E-state index is -4.87. The number of aromatic nitrogens is 2. The topological polar surface area (TPSA) is 120 Å². The molecule has 3 aromatic carbocycles. The third-order valence-corrected chi connectivity index (χ3v) is 6.65. The van der Waals surface area contributed by atoms with Gasteiger partial charge in [-0.3, -0.25) is 5.01 Å². The van der Waals surface area contributed by atoms with Crippen LogP contribution in [0, 0.1) is 6.92 Å². The molecule has 1 atom stereocenters. The Morgan fingerprint density at radius 3 is 2.27 bits per heavy atom. The van der Waals surface area contributed by atoms with Crippen molar-refractivity contribution >= 4 is 22.5 Å². The quantitative estimate of drug-likeness (QED) is 0.0981. The number of aryl methyl sites for hydroxylation is 1. The number of hydrazine groups is 1. The summed E-state index contributed by atoms with van der Waals surface area (Å²) in [6, 6.07) is 16.0. The van der Waals surface area contributed by atoms with Crippen molar-refractivity contribution in [1.82, 2.24) is 9.55 Å². The number of halogens is 5. The molecule has 0 fully saturated rings. The van der Waals surface area contributed by atoms with E-state index in [4.69, 9.17) is 11.6 Å². The van der Waals surface area contributed by atoms with Crippen molar-refractivity contribution in [2.75, 3.05) is 5.01 Å². The van der Waals surface area contributed by atoms with E-state index in [1.165, 1.54) is 42.0 Å². The van der Waals surface area contributed by atoms with Crippen LogP contribution in [0.25, 0.3) is 22.5 Å². The Morgan fingerprint density at radius 1 is 1.05 bits per heavy atom. The molecule has 5 N–H and O–H groups in total. The van der Waals surface area contributed by atoms with Gasteiger partial charge in [-0.1, -0.05) is 18.2 Å². The van der Waals surface area contributed by atoms with Crippen LogP contribution in [0.15, 0.2) is 84.0 Å². The molecule has 0 amide bonds. The number of ether oxygens (including phenoxy) is 1. The lowest BCUT2D eigenvalue weighted by Gasteiger charge is -2.26. The predicted molar refractivity (Wildman–Crippen MR) is 144 cm³/mol. The maximum Gasteiger partial charge on any atom is 0.573 e. The van der Waals surface area contributed by atoms with Crippen LogP contribution >= 0.6 is 0 Å². The maximum atomic E-state index is 14.1. The van der Waals surface area contributed by atoms with Crippen molar-refractivity contribution < 1.29 is 35.5 Å². The fraction of sp³-hybridized carbons (Fsp3) is 0.148. The standard InChI is InChI=1S/C27H24F5N5O3S/c1-16-35-25(26(2,28)29)15-36(16)22-11-8-19(18-4-3-5-21(12-18)41(38)39)13-23(22)37(34)24(14-33)17-6-9-20(10-7-17)40-27(30,31)32/h3-15H,33-34H2,1-2H3,(H,38,39)/b24-14-. The van der Waals surface area contributed by atoms with Gasteiger partial charge in [-0.15, -0.1) is 13.2 Å². The molecule has 8 nitrogen and oxygen atoms in total. The van der Waals surface area contributed by atoms with Gasteiger partial charge in [-0.2, -0.15) is 8.78 Å². The molecular weight excluding hydrogens is 569 g/mol. The summed E-state index contributed by atoms with van der Waals surface area (Å²) in [5.41, 5.74) is 7.58. The van der Waals surface area contributed by atoms with Crippen LogP contribution in [0.4, 0.5) is 27.6 Å². The van der Waals surface area contributed by atoms with Gasteiger partial charge in [0.15, 0.2) is 11.1 Å². The second-order valence-corrected chi connectivity index (χ2v) is 9.88. The number of nitrogens with zero attached hydrogens (tertiary/aromatic N) is 3. The largest absolute Gasteiger partial charge is 0.573 e. The number of hydrogen-bond acceptors (Lipinski definition) is 6. The van der Waals surface area contributed by atoms with Gasteiger partial charge in [0.2, 0.25) is 0 Å². The van der Waals surface area contributed by atoms with Gasteiger partial charge in [-0.25, -0.2) is 15.0 Å². The highest BCUT2D eigenvalue weighted by molar-refractivity contribution is 7.79. The molecule has 4 aromatic rings. The molecule has 216 valence electrons. The first-order chi connectivity index (χ1) is 19.2. The van der Waals surface area contributed by atoms with E-state index in [1.54, 1.807) is 30.3 Å². The molecule has 0 radical (unpaired) electrons. The average molecular weight is 594 g/mol. The molecule has 1 unspecified atom stereocenters. The Bertz CT molecular complexity index is 1620. The summed E-state index contributed by atoms with van der Waals surface area (Å²) in [7, 11) is 0. The zero-order valence-corrected chi connectivity index (χ0v) is 22.4. The summed E-state index contributed by atoms with van der Waals surface area (Å²) in [6.45, 7) is 2.25. The van der Waals surface area contributed by atoms with Crippen molar-refractivity contribution in [1.29, 1.82) is 0 Å². The van der Waals surface area contributed by atoms with Gasteiger partial charge in [0.05, 0.1) is 22.0 Å². The van der Waals surface area contributed by atoms with Crippen LogP contribution in [-0.4, -0.2) is 24.7 Å². The lowest BCUT2D eigenvalue weighted by molar-refractivity contribution is -0.274. The molecular formula is C27H24F5N5O3S. The lowest BCUT2D eigenvalue weighted by atomic mass is 10.0. The van der Waals surface area contributed by atoms with E-state index in [0.717, 1.165) is 30.3 Å². The predicted octanol–water partition coefficient (Wildman–Crippen LogP) is 6.08. The van der Waals surface area contributed by atoms with E-state index in [-0.39, 0.29) is 22.1 Å². The van der Waals surface area contributed by atoms with E-state index in [1.807, 2.05) is 0 Å². The molecule has 0 saturated carbocycles. The molecule has 0 spiro atoms. The highest BCUT2D eigenvalue weighted by Crippen LogP contribution is 2.36. The molecule has 0 saturated heterocycles. The van der Waals surface area contributed by atoms with Crippen LogP contribution in [0.5, 0.6) is 5.75 Å².